The van der Waals surface area contributed by atoms with Crippen molar-refractivity contribution in [1.29, 1.82) is 0 Å². The van der Waals surface area contributed by atoms with Crippen molar-refractivity contribution in [1.82, 2.24) is 9.71 Å². The maximum Gasteiger partial charge on any atom is 0.244 e. The van der Waals surface area contributed by atoms with Crippen molar-refractivity contribution in [2.75, 3.05) is 11.9 Å². The quantitative estimate of drug-likeness (QED) is 0.806. The molecule has 0 aromatic carbocycles. The highest BCUT2D eigenvalue weighted by atomic mass is 32.2. The van der Waals surface area contributed by atoms with Gasteiger partial charge in [0.15, 0.2) is 0 Å². The zero-order valence-corrected chi connectivity index (χ0v) is 12.8. The summed E-state index contributed by atoms with van der Waals surface area (Å²) >= 11 is 0. The van der Waals surface area contributed by atoms with E-state index in [1.165, 1.54) is 6.20 Å². The molecule has 0 aliphatic rings. The Balaban J connectivity index is 2.94. The Morgan fingerprint density at radius 1 is 1.32 bits per heavy atom. The van der Waals surface area contributed by atoms with Gasteiger partial charge in [-0.25, -0.2) is 13.1 Å². The van der Waals surface area contributed by atoms with Gasteiger partial charge in [-0.05, 0) is 32.3 Å². The van der Waals surface area contributed by atoms with E-state index in [1.807, 2.05) is 13.8 Å². The van der Waals surface area contributed by atoms with E-state index in [1.54, 1.807) is 12.3 Å². The maximum absolute atomic E-state index is 12.3. The average molecular weight is 285 g/mol. The maximum atomic E-state index is 12.3. The standard InChI is InChI=1S/C13H23N3O2S/c1-5-15-12-6-7-14-9-13(12)19(17,18)16-11(4)8-10(2)3/h6-7,9-11,16H,5,8H2,1-4H3,(H,14,15). The van der Waals surface area contributed by atoms with Crippen molar-refractivity contribution < 1.29 is 8.42 Å². The molecule has 2 N–H and O–H groups in total. The van der Waals surface area contributed by atoms with Crippen LogP contribution in [0.15, 0.2) is 23.4 Å². The number of nitrogens with zero attached hydrogens (tertiary/aromatic N) is 1. The molecule has 0 saturated heterocycles. The Kier molecular flexibility index (Phi) is 5.75. The van der Waals surface area contributed by atoms with E-state index in [2.05, 4.69) is 28.9 Å². The Morgan fingerprint density at radius 3 is 2.58 bits per heavy atom. The average Bonchev–Trinajstić information content (AvgIpc) is 2.27. The van der Waals surface area contributed by atoms with Crippen LogP contribution in [0.25, 0.3) is 0 Å². The second-order valence-electron chi connectivity index (χ2n) is 5.05. The molecule has 1 heterocycles. The third-order valence-electron chi connectivity index (χ3n) is 2.62. The minimum Gasteiger partial charge on any atom is -0.384 e. The Hall–Kier alpha value is -1.14. The first-order valence-corrected chi connectivity index (χ1v) is 8.05. The van der Waals surface area contributed by atoms with Crippen LogP contribution in [0, 0.1) is 5.92 Å². The zero-order valence-electron chi connectivity index (χ0n) is 12.0. The summed E-state index contributed by atoms with van der Waals surface area (Å²) in [7, 11) is -3.53. The summed E-state index contributed by atoms with van der Waals surface area (Å²) in [5.74, 6) is 0.444. The van der Waals surface area contributed by atoms with E-state index in [4.69, 9.17) is 0 Å². The number of rotatable bonds is 7. The highest BCUT2D eigenvalue weighted by Gasteiger charge is 2.21. The van der Waals surface area contributed by atoms with Crippen molar-refractivity contribution in [2.45, 2.75) is 45.1 Å². The van der Waals surface area contributed by atoms with Crippen LogP contribution in [0.5, 0.6) is 0 Å². The number of nitrogens with one attached hydrogen (secondary N) is 2. The number of hydrogen-bond donors (Lipinski definition) is 2. The van der Waals surface area contributed by atoms with Gasteiger partial charge in [-0.2, -0.15) is 0 Å². The molecule has 0 spiro atoms. The molecular weight excluding hydrogens is 262 g/mol. The van der Waals surface area contributed by atoms with Crippen molar-refractivity contribution in [3.05, 3.63) is 18.5 Å². The lowest BCUT2D eigenvalue weighted by Gasteiger charge is -2.17. The number of anilines is 1. The molecule has 1 aromatic rings. The third kappa shape index (κ3) is 4.80. The van der Waals surface area contributed by atoms with E-state index in [0.717, 1.165) is 6.42 Å². The molecule has 1 aromatic heterocycles. The topological polar surface area (TPSA) is 71.1 Å². The summed E-state index contributed by atoms with van der Waals surface area (Å²) < 4.78 is 27.4. The van der Waals surface area contributed by atoms with Gasteiger partial charge >= 0.3 is 0 Å². The minimum atomic E-state index is -3.53. The molecule has 1 unspecified atom stereocenters. The molecule has 0 amide bonds. The molecule has 6 heteroatoms. The van der Waals surface area contributed by atoms with Crippen LogP contribution in [-0.2, 0) is 10.0 Å². The smallest absolute Gasteiger partial charge is 0.244 e. The fourth-order valence-electron chi connectivity index (χ4n) is 2.01. The molecular formula is C13H23N3O2S. The normalized spacial score (nSPS) is 13.5. The van der Waals surface area contributed by atoms with E-state index in [9.17, 15) is 8.42 Å². The molecule has 108 valence electrons. The molecule has 0 fully saturated rings. The second kappa shape index (κ2) is 6.86. The highest BCUT2D eigenvalue weighted by molar-refractivity contribution is 7.89. The number of hydrogen-bond acceptors (Lipinski definition) is 4. The van der Waals surface area contributed by atoms with Gasteiger partial charge < -0.3 is 5.32 Å². The molecule has 1 rings (SSSR count). The number of sulfonamides is 1. The number of aromatic nitrogens is 1. The predicted octanol–water partition coefficient (Wildman–Crippen LogP) is 2.23. The second-order valence-corrected chi connectivity index (χ2v) is 6.74. The summed E-state index contributed by atoms with van der Waals surface area (Å²) in [6, 6.07) is 1.57. The molecule has 0 aliphatic carbocycles. The SMILES string of the molecule is CCNc1ccncc1S(=O)(=O)NC(C)CC(C)C. The van der Waals surface area contributed by atoms with Crippen molar-refractivity contribution in [3.63, 3.8) is 0 Å². The third-order valence-corrected chi connectivity index (χ3v) is 4.24. The van der Waals surface area contributed by atoms with Gasteiger partial charge in [0, 0.05) is 25.0 Å². The number of pyridine rings is 1. The fourth-order valence-corrected chi connectivity index (χ4v) is 3.40. The molecule has 19 heavy (non-hydrogen) atoms. The summed E-state index contributed by atoms with van der Waals surface area (Å²) in [5, 5.41) is 3.04. The summed E-state index contributed by atoms with van der Waals surface area (Å²) in [6.07, 6.45) is 3.76. The molecule has 0 aliphatic heterocycles. The highest BCUT2D eigenvalue weighted by Crippen LogP contribution is 2.20. The van der Waals surface area contributed by atoms with Crippen LogP contribution in [0.3, 0.4) is 0 Å². The van der Waals surface area contributed by atoms with Crippen molar-refractivity contribution in [2.24, 2.45) is 5.92 Å². The van der Waals surface area contributed by atoms with E-state index >= 15 is 0 Å². The van der Waals surface area contributed by atoms with Crippen LogP contribution in [0.4, 0.5) is 5.69 Å². The van der Waals surface area contributed by atoms with Crippen LogP contribution >= 0.6 is 0 Å². The van der Waals surface area contributed by atoms with Crippen molar-refractivity contribution >= 4 is 15.7 Å². The molecule has 0 saturated carbocycles. The fraction of sp³-hybridized carbons (Fsp3) is 0.615. The first kappa shape index (κ1) is 15.9. The first-order valence-electron chi connectivity index (χ1n) is 6.57. The summed E-state index contributed by atoms with van der Waals surface area (Å²) in [5.41, 5.74) is 0.585. The first-order chi connectivity index (χ1) is 8.86. The zero-order chi connectivity index (χ0) is 14.5. The van der Waals surface area contributed by atoms with Gasteiger partial charge in [0.25, 0.3) is 0 Å². The van der Waals surface area contributed by atoms with E-state index < -0.39 is 10.0 Å². The van der Waals surface area contributed by atoms with E-state index in [0.29, 0.717) is 18.2 Å². The van der Waals surface area contributed by atoms with Gasteiger partial charge in [0.05, 0.1) is 5.69 Å². The van der Waals surface area contributed by atoms with Crippen LogP contribution in [-0.4, -0.2) is 26.0 Å². The lowest BCUT2D eigenvalue weighted by Crippen LogP contribution is -2.34. The molecule has 0 radical (unpaired) electrons. The summed E-state index contributed by atoms with van der Waals surface area (Å²) in [4.78, 5) is 4.10. The van der Waals surface area contributed by atoms with Crippen LogP contribution < -0.4 is 10.0 Å². The van der Waals surface area contributed by atoms with Crippen LogP contribution in [0.2, 0.25) is 0 Å². The largest absolute Gasteiger partial charge is 0.384 e. The predicted molar refractivity (Wildman–Crippen MR) is 77.6 cm³/mol. The minimum absolute atomic E-state index is 0.0975. The molecule has 0 bridgehead atoms. The van der Waals surface area contributed by atoms with Gasteiger partial charge in [-0.15, -0.1) is 0 Å². The Labute approximate surface area is 115 Å². The van der Waals surface area contributed by atoms with Gasteiger partial charge in [0.2, 0.25) is 10.0 Å². The van der Waals surface area contributed by atoms with Crippen molar-refractivity contribution in [3.8, 4) is 0 Å². The lowest BCUT2D eigenvalue weighted by atomic mass is 10.1. The van der Waals surface area contributed by atoms with Crippen LogP contribution in [0.1, 0.15) is 34.1 Å². The summed E-state index contributed by atoms with van der Waals surface area (Å²) in [6.45, 7) is 8.60. The van der Waals surface area contributed by atoms with Gasteiger partial charge in [-0.3, -0.25) is 4.98 Å². The monoisotopic (exact) mass is 285 g/mol. The molecule has 1 atom stereocenters. The Bertz CT molecular complexity index is 500. The molecule has 5 nitrogen and oxygen atoms in total. The van der Waals surface area contributed by atoms with Gasteiger partial charge in [-0.1, -0.05) is 13.8 Å². The van der Waals surface area contributed by atoms with Gasteiger partial charge in [0.1, 0.15) is 4.90 Å². The lowest BCUT2D eigenvalue weighted by molar-refractivity contribution is 0.482. The van der Waals surface area contributed by atoms with E-state index in [-0.39, 0.29) is 10.9 Å². The Morgan fingerprint density at radius 2 is 2.00 bits per heavy atom.